The third-order valence-corrected chi connectivity index (χ3v) is 0.723. The molecular weight excluding hydrogens is 202 g/mol. The molecule has 7 nitrogen and oxygen atoms in total. The minimum Gasteiger partial charge on any atom is -0.481 e. The molecule has 0 atom stereocenters. The summed E-state index contributed by atoms with van der Waals surface area (Å²) in [7, 11) is 0. The van der Waals surface area contributed by atoms with Crippen molar-refractivity contribution in [1.29, 1.82) is 0 Å². The van der Waals surface area contributed by atoms with Gasteiger partial charge in [-0.2, -0.15) is 0 Å². The molecule has 0 fully saturated rings. The van der Waals surface area contributed by atoms with E-state index >= 15 is 0 Å². The maximum Gasteiger partial charge on any atom is 0.300 e. The lowest BCUT2D eigenvalue weighted by Crippen LogP contribution is -1.81. The molecule has 0 aliphatic rings. The highest BCUT2D eigenvalue weighted by Gasteiger charge is 1.84. The molecule has 0 saturated heterocycles. The summed E-state index contributed by atoms with van der Waals surface area (Å²) in [6.45, 7) is 4.02. The molecule has 7 heteroatoms. The topological polar surface area (TPSA) is 129 Å². The van der Waals surface area contributed by atoms with Gasteiger partial charge in [0.05, 0.1) is 6.20 Å². The molecule has 1 rings (SSSR count). The van der Waals surface area contributed by atoms with Gasteiger partial charge in [0, 0.05) is 13.8 Å². The highest BCUT2D eigenvalue weighted by molar-refractivity contribution is 5.63. The lowest BCUT2D eigenvalue weighted by atomic mass is 10.8. The van der Waals surface area contributed by atoms with Crippen molar-refractivity contribution < 1.29 is 19.8 Å². The molecule has 0 saturated carbocycles. The Balaban J connectivity index is 0. The first kappa shape index (κ1) is 15.4. The van der Waals surface area contributed by atoms with Crippen LogP contribution in [0.1, 0.15) is 19.7 Å². The van der Waals surface area contributed by atoms with E-state index in [1.165, 1.54) is 0 Å². The van der Waals surface area contributed by atoms with Crippen molar-refractivity contribution in [2.75, 3.05) is 5.73 Å². The largest absolute Gasteiger partial charge is 0.481 e. The van der Waals surface area contributed by atoms with Crippen LogP contribution in [0.25, 0.3) is 0 Å². The maximum atomic E-state index is 9.00. The monoisotopic (exact) mass is 217 g/mol. The number of rotatable bonds is 0. The molecule has 0 aliphatic carbocycles. The van der Waals surface area contributed by atoms with Gasteiger partial charge in [0.15, 0.2) is 0 Å². The molecular formula is C8H15N3O4. The molecule has 1 aromatic heterocycles. The van der Waals surface area contributed by atoms with Gasteiger partial charge in [0.2, 0.25) is 0 Å². The number of hydrogen-bond acceptors (Lipinski definition) is 4. The number of imidazole rings is 1. The maximum absolute atomic E-state index is 9.00. The smallest absolute Gasteiger partial charge is 0.300 e. The van der Waals surface area contributed by atoms with Crippen molar-refractivity contribution in [2.24, 2.45) is 0 Å². The number of hydrogen-bond donors (Lipinski definition) is 4. The number of H-pyrrole nitrogens is 1. The van der Waals surface area contributed by atoms with Crippen LogP contribution in [0.2, 0.25) is 0 Å². The number of aromatic amines is 1. The SMILES string of the molecule is CC(=O)O.CC(=O)O.Cc1ncc(N)[nH]1. The summed E-state index contributed by atoms with van der Waals surface area (Å²) >= 11 is 0. The summed E-state index contributed by atoms with van der Waals surface area (Å²) in [5.41, 5.74) is 5.26. The number of anilines is 1. The number of aryl methyl sites for hydroxylation is 1. The van der Waals surface area contributed by atoms with Gasteiger partial charge in [-0.3, -0.25) is 9.59 Å². The number of nitrogens with two attached hydrogens (primary N) is 1. The second kappa shape index (κ2) is 8.54. The van der Waals surface area contributed by atoms with Crippen LogP contribution in [-0.4, -0.2) is 32.1 Å². The second-order valence-electron chi connectivity index (χ2n) is 2.46. The van der Waals surface area contributed by atoms with Crippen LogP contribution in [-0.2, 0) is 9.59 Å². The number of nitrogens with zero attached hydrogens (tertiary/aromatic N) is 1. The van der Waals surface area contributed by atoms with Crippen LogP contribution >= 0.6 is 0 Å². The minimum atomic E-state index is -0.833. The first-order valence-corrected chi connectivity index (χ1v) is 3.91. The molecule has 0 radical (unpaired) electrons. The third kappa shape index (κ3) is 24.5. The minimum absolute atomic E-state index is 0.623. The number of aromatic nitrogens is 2. The van der Waals surface area contributed by atoms with Crippen molar-refractivity contribution in [3.63, 3.8) is 0 Å². The Morgan fingerprint density at radius 2 is 1.67 bits per heavy atom. The molecule has 5 N–H and O–H groups in total. The fraction of sp³-hybridized carbons (Fsp3) is 0.375. The molecule has 0 spiro atoms. The normalized spacial score (nSPS) is 7.67. The molecule has 0 bridgehead atoms. The van der Waals surface area contributed by atoms with Gasteiger partial charge in [-0.05, 0) is 6.92 Å². The lowest BCUT2D eigenvalue weighted by Gasteiger charge is -1.75. The van der Waals surface area contributed by atoms with E-state index in [9.17, 15) is 0 Å². The Labute approximate surface area is 86.9 Å². The second-order valence-corrected chi connectivity index (χ2v) is 2.46. The van der Waals surface area contributed by atoms with Crippen molar-refractivity contribution in [1.82, 2.24) is 9.97 Å². The summed E-state index contributed by atoms with van der Waals surface area (Å²) in [6.07, 6.45) is 1.59. The highest BCUT2D eigenvalue weighted by Crippen LogP contribution is 1.92. The van der Waals surface area contributed by atoms with E-state index in [0.717, 1.165) is 19.7 Å². The van der Waals surface area contributed by atoms with Crippen LogP contribution in [0.3, 0.4) is 0 Å². The predicted octanol–water partition coefficient (Wildman–Crippen LogP) is 0.482. The van der Waals surface area contributed by atoms with Gasteiger partial charge in [-0.15, -0.1) is 0 Å². The van der Waals surface area contributed by atoms with Crippen molar-refractivity contribution >= 4 is 17.8 Å². The van der Waals surface area contributed by atoms with Crippen LogP contribution in [0.4, 0.5) is 5.82 Å². The Hall–Kier alpha value is -2.05. The Bertz CT molecular complexity index is 272. The molecule has 86 valence electrons. The van der Waals surface area contributed by atoms with E-state index in [-0.39, 0.29) is 0 Å². The van der Waals surface area contributed by atoms with Gasteiger partial charge in [0.25, 0.3) is 11.9 Å². The van der Waals surface area contributed by atoms with Crippen LogP contribution in [0, 0.1) is 6.92 Å². The number of carbonyl (C=O) groups is 2. The van der Waals surface area contributed by atoms with Crippen LogP contribution < -0.4 is 5.73 Å². The zero-order valence-electron chi connectivity index (χ0n) is 8.81. The molecule has 1 heterocycles. The standard InChI is InChI=1S/C4H7N3.2C2H4O2/c1-3-6-2-4(5)7-3;2*1-2(3)4/h2H,5H2,1H3,(H,6,7);2*1H3,(H,3,4). The first-order chi connectivity index (χ1) is 6.75. The van der Waals surface area contributed by atoms with E-state index in [2.05, 4.69) is 9.97 Å². The van der Waals surface area contributed by atoms with E-state index in [0.29, 0.717) is 5.82 Å². The van der Waals surface area contributed by atoms with Gasteiger partial charge in [0.1, 0.15) is 11.6 Å². The van der Waals surface area contributed by atoms with Crippen molar-refractivity contribution in [3.05, 3.63) is 12.0 Å². The molecule has 15 heavy (non-hydrogen) atoms. The van der Waals surface area contributed by atoms with Crippen molar-refractivity contribution in [3.8, 4) is 0 Å². The van der Waals surface area contributed by atoms with E-state index in [4.69, 9.17) is 25.5 Å². The molecule has 0 amide bonds. The number of nitrogen functional groups attached to an aromatic ring is 1. The fourth-order valence-corrected chi connectivity index (χ4v) is 0.440. The Morgan fingerprint density at radius 3 is 1.73 bits per heavy atom. The first-order valence-electron chi connectivity index (χ1n) is 3.91. The van der Waals surface area contributed by atoms with E-state index in [1.54, 1.807) is 6.20 Å². The summed E-state index contributed by atoms with van der Waals surface area (Å²) < 4.78 is 0. The number of carboxylic acids is 2. The predicted molar refractivity (Wildman–Crippen MR) is 54.4 cm³/mol. The molecule has 0 aliphatic heterocycles. The average Bonchev–Trinajstić information content (AvgIpc) is 2.31. The molecule has 0 unspecified atom stereocenters. The Morgan fingerprint density at radius 1 is 1.33 bits per heavy atom. The number of aliphatic carboxylic acids is 2. The van der Waals surface area contributed by atoms with E-state index in [1.807, 2.05) is 6.92 Å². The zero-order chi connectivity index (χ0) is 12.4. The summed E-state index contributed by atoms with van der Waals surface area (Å²) in [5.74, 6) is -0.185. The fourth-order valence-electron chi connectivity index (χ4n) is 0.440. The molecule has 0 aromatic carbocycles. The van der Waals surface area contributed by atoms with Gasteiger partial charge >= 0.3 is 0 Å². The summed E-state index contributed by atoms with van der Waals surface area (Å²) in [4.78, 5) is 24.6. The zero-order valence-corrected chi connectivity index (χ0v) is 8.81. The van der Waals surface area contributed by atoms with Gasteiger partial charge < -0.3 is 20.9 Å². The van der Waals surface area contributed by atoms with E-state index < -0.39 is 11.9 Å². The van der Waals surface area contributed by atoms with Crippen LogP contribution in [0.15, 0.2) is 6.20 Å². The molecule has 1 aromatic rings. The quantitative estimate of drug-likeness (QED) is 0.500. The number of carboxylic acid groups (broad SMARTS) is 2. The summed E-state index contributed by atoms with van der Waals surface area (Å²) in [5, 5.41) is 14.8. The highest BCUT2D eigenvalue weighted by atomic mass is 16.4. The number of nitrogens with one attached hydrogen (secondary N) is 1. The van der Waals surface area contributed by atoms with Crippen LogP contribution in [0.5, 0.6) is 0 Å². The van der Waals surface area contributed by atoms with Crippen molar-refractivity contribution in [2.45, 2.75) is 20.8 Å². The third-order valence-electron chi connectivity index (χ3n) is 0.723. The average molecular weight is 217 g/mol. The lowest BCUT2D eigenvalue weighted by molar-refractivity contribution is -0.135. The Kier molecular flexibility index (Phi) is 8.79. The van der Waals surface area contributed by atoms with Gasteiger partial charge in [-0.25, -0.2) is 4.98 Å². The van der Waals surface area contributed by atoms with Gasteiger partial charge in [-0.1, -0.05) is 0 Å². The summed E-state index contributed by atoms with van der Waals surface area (Å²) in [6, 6.07) is 0.